The number of aromatic nitrogens is 1. The van der Waals surface area contributed by atoms with Crippen LogP contribution in [0.1, 0.15) is 97.0 Å². The summed E-state index contributed by atoms with van der Waals surface area (Å²) < 4.78 is 20.6. The van der Waals surface area contributed by atoms with Gasteiger partial charge >= 0.3 is 6.09 Å². The summed E-state index contributed by atoms with van der Waals surface area (Å²) in [5, 5.41) is 30.9. The second kappa shape index (κ2) is 14.1. The van der Waals surface area contributed by atoms with E-state index in [2.05, 4.69) is 42.8 Å². The first-order valence-corrected chi connectivity index (χ1v) is 16.3. The molecule has 11 heteroatoms. The van der Waals surface area contributed by atoms with Gasteiger partial charge in [0, 0.05) is 55.8 Å². The molecule has 0 unspecified atom stereocenters. The average Bonchev–Trinajstić information content (AvgIpc) is 2.90. The molecule has 3 atom stereocenters. The number of rotatable bonds is 12. The Morgan fingerprint density at radius 1 is 1.17 bits per heavy atom. The van der Waals surface area contributed by atoms with Gasteiger partial charge in [-0.05, 0) is 82.1 Å². The number of carboxylic acid groups (broad SMARTS) is 1. The number of benzene rings is 1. The van der Waals surface area contributed by atoms with Crippen molar-refractivity contribution in [3.05, 3.63) is 53.0 Å². The zero-order valence-electron chi connectivity index (χ0n) is 28.4. The second-order valence-corrected chi connectivity index (χ2v) is 15.2. The minimum Gasteiger partial charge on any atom is -0.483 e. The van der Waals surface area contributed by atoms with Crippen molar-refractivity contribution in [1.29, 1.82) is 0 Å². The Bertz CT molecular complexity index is 1380. The summed E-state index contributed by atoms with van der Waals surface area (Å²) in [7, 11) is 0. The first-order valence-electron chi connectivity index (χ1n) is 16.3. The normalized spacial score (nSPS) is 18.5. The fourth-order valence-corrected chi connectivity index (χ4v) is 6.40. The number of carbonyl (C=O) groups is 2. The highest BCUT2D eigenvalue weighted by Crippen LogP contribution is 2.51. The molecule has 254 valence electrons. The SMILES string of the molecule is CC(=O)N[C@@H](Cc1cccc(F)c1)[C@H](O)CN[C@H]1CC2(CCC2)Oc2c1cc(CC(C)(C)C)nc2NCCN(C(=O)O)C(C)(C)C. The number of amides is 2. The number of fused-ring (bicyclic) bond motifs is 1. The largest absolute Gasteiger partial charge is 0.483 e. The van der Waals surface area contributed by atoms with Crippen LogP contribution in [0.3, 0.4) is 0 Å². The summed E-state index contributed by atoms with van der Waals surface area (Å²) in [6.45, 7) is 14.3. The van der Waals surface area contributed by atoms with Crippen molar-refractivity contribution < 1.29 is 28.9 Å². The minimum atomic E-state index is -0.978. The Balaban J connectivity index is 1.61. The lowest BCUT2D eigenvalue weighted by Crippen LogP contribution is -2.52. The van der Waals surface area contributed by atoms with Crippen molar-refractivity contribution in [1.82, 2.24) is 20.5 Å². The number of nitrogens with one attached hydrogen (secondary N) is 3. The van der Waals surface area contributed by atoms with Crippen LogP contribution in [0.25, 0.3) is 0 Å². The van der Waals surface area contributed by atoms with Crippen LogP contribution in [0, 0.1) is 11.2 Å². The molecule has 1 spiro atoms. The summed E-state index contributed by atoms with van der Waals surface area (Å²) in [4.78, 5) is 30.4. The third kappa shape index (κ3) is 9.31. The zero-order valence-corrected chi connectivity index (χ0v) is 28.4. The number of carbonyl (C=O) groups excluding carboxylic acids is 1. The Morgan fingerprint density at radius 2 is 1.89 bits per heavy atom. The van der Waals surface area contributed by atoms with Gasteiger partial charge in [-0.3, -0.25) is 4.79 Å². The van der Waals surface area contributed by atoms with E-state index in [0.717, 1.165) is 43.4 Å². The minimum absolute atomic E-state index is 0.0306. The van der Waals surface area contributed by atoms with Gasteiger partial charge in [-0.1, -0.05) is 32.9 Å². The molecule has 1 saturated carbocycles. The van der Waals surface area contributed by atoms with Crippen LogP contribution < -0.4 is 20.7 Å². The van der Waals surface area contributed by atoms with Crippen molar-refractivity contribution in [2.75, 3.05) is 25.0 Å². The summed E-state index contributed by atoms with van der Waals surface area (Å²) in [6, 6.07) is 7.49. The van der Waals surface area contributed by atoms with Gasteiger partial charge in [0.15, 0.2) is 11.6 Å². The number of pyridine rings is 1. The lowest BCUT2D eigenvalue weighted by atomic mass is 9.72. The standard InChI is InChI=1S/C35H52FN5O5/c1-22(42)39-27(17-23-10-8-11-24(36)16-23)29(43)21-38-28-20-35(12-9-13-35)46-30-26(28)18-25(19-33(2,3)4)40-31(30)37-14-15-41(32(44)45)34(5,6)7/h8,10-11,16,18,27-29,38,43H,9,12-15,17,19-21H2,1-7H3,(H,37,40)(H,39,42)(H,44,45)/t27-,28-,29+/m0/s1. The molecule has 2 aliphatic rings. The van der Waals surface area contributed by atoms with Gasteiger partial charge in [0.25, 0.3) is 0 Å². The average molecular weight is 642 g/mol. The number of halogens is 1. The number of hydrogen-bond acceptors (Lipinski definition) is 7. The van der Waals surface area contributed by atoms with Crippen molar-refractivity contribution in [2.45, 2.75) is 116 Å². The van der Waals surface area contributed by atoms with Crippen molar-refractivity contribution in [3.8, 4) is 5.75 Å². The third-order valence-electron chi connectivity index (χ3n) is 8.74. The molecule has 1 fully saturated rings. The number of nitrogens with zero attached hydrogens (tertiary/aromatic N) is 2. The monoisotopic (exact) mass is 641 g/mol. The van der Waals surface area contributed by atoms with E-state index >= 15 is 0 Å². The lowest BCUT2D eigenvalue weighted by molar-refractivity contribution is -0.120. The highest BCUT2D eigenvalue weighted by molar-refractivity contribution is 5.73. The lowest BCUT2D eigenvalue weighted by Gasteiger charge is -2.48. The van der Waals surface area contributed by atoms with Crippen LogP contribution in [-0.2, 0) is 17.6 Å². The van der Waals surface area contributed by atoms with Gasteiger partial charge in [-0.15, -0.1) is 0 Å². The topological polar surface area (TPSA) is 136 Å². The maximum absolute atomic E-state index is 13.9. The smallest absolute Gasteiger partial charge is 0.407 e. The molecule has 5 N–H and O–H groups in total. The summed E-state index contributed by atoms with van der Waals surface area (Å²) in [6.07, 6.45) is 2.66. The number of ether oxygens (including phenoxy) is 1. The molecule has 46 heavy (non-hydrogen) atoms. The van der Waals surface area contributed by atoms with Crippen molar-refractivity contribution in [2.24, 2.45) is 5.41 Å². The molecule has 2 heterocycles. The van der Waals surface area contributed by atoms with Gasteiger partial charge in [-0.25, -0.2) is 14.2 Å². The fraction of sp³-hybridized carbons (Fsp3) is 0.629. The van der Waals surface area contributed by atoms with E-state index in [0.29, 0.717) is 23.7 Å². The van der Waals surface area contributed by atoms with E-state index in [-0.39, 0.29) is 48.3 Å². The Kier molecular flexibility index (Phi) is 10.9. The molecule has 0 saturated heterocycles. The molecule has 0 bridgehead atoms. The van der Waals surface area contributed by atoms with Crippen LogP contribution in [0.15, 0.2) is 30.3 Å². The van der Waals surface area contributed by atoms with Crippen LogP contribution in [0.5, 0.6) is 5.75 Å². The predicted octanol–water partition coefficient (Wildman–Crippen LogP) is 5.44. The molecule has 0 radical (unpaired) electrons. The zero-order chi connectivity index (χ0) is 33.9. The van der Waals surface area contributed by atoms with E-state index in [9.17, 15) is 24.2 Å². The molecule has 1 aromatic heterocycles. The number of aliphatic hydroxyl groups excluding tert-OH is 1. The molecule has 1 aliphatic heterocycles. The molecular weight excluding hydrogens is 589 g/mol. The van der Waals surface area contributed by atoms with Crippen LogP contribution in [-0.4, -0.2) is 75.0 Å². The highest BCUT2D eigenvalue weighted by atomic mass is 19.1. The van der Waals surface area contributed by atoms with E-state index < -0.39 is 23.8 Å². The molecule has 2 aromatic rings. The Hall–Kier alpha value is -3.44. The highest BCUT2D eigenvalue weighted by Gasteiger charge is 2.47. The van der Waals surface area contributed by atoms with E-state index in [1.54, 1.807) is 12.1 Å². The van der Waals surface area contributed by atoms with Gasteiger partial charge in [0.1, 0.15) is 11.4 Å². The number of anilines is 1. The first kappa shape index (κ1) is 35.4. The summed E-state index contributed by atoms with van der Waals surface area (Å²) in [5.41, 5.74) is 1.58. The van der Waals surface area contributed by atoms with Gasteiger partial charge in [-0.2, -0.15) is 0 Å². The summed E-state index contributed by atoms with van der Waals surface area (Å²) >= 11 is 0. The second-order valence-electron chi connectivity index (χ2n) is 15.2. The van der Waals surface area contributed by atoms with Crippen molar-refractivity contribution in [3.63, 3.8) is 0 Å². The molecular formula is C35H52FN5O5. The molecule has 2 amide bonds. The van der Waals surface area contributed by atoms with Crippen molar-refractivity contribution >= 4 is 17.8 Å². The van der Waals surface area contributed by atoms with Crippen LogP contribution >= 0.6 is 0 Å². The summed E-state index contributed by atoms with van der Waals surface area (Å²) in [5.74, 6) is 0.615. The molecule has 1 aliphatic carbocycles. The van der Waals surface area contributed by atoms with Crippen LogP contribution in [0.4, 0.5) is 15.0 Å². The van der Waals surface area contributed by atoms with E-state index in [1.807, 2.05) is 20.8 Å². The number of aliphatic hydroxyl groups is 1. The Morgan fingerprint density at radius 3 is 2.46 bits per heavy atom. The molecule has 1 aromatic carbocycles. The Labute approximate surface area is 272 Å². The van der Waals surface area contributed by atoms with Gasteiger partial charge < -0.3 is 35.8 Å². The third-order valence-corrected chi connectivity index (χ3v) is 8.74. The van der Waals surface area contributed by atoms with Crippen LogP contribution in [0.2, 0.25) is 0 Å². The number of hydrogen-bond donors (Lipinski definition) is 5. The maximum Gasteiger partial charge on any atom is 0.407 e. The van der Waals surface area contributed by atoms with Gasteiger partial charge in [0.05, 0.1) is 12.1 Å². The van der Waals surface area contributed by atoms with E-state index in [1.165, 1.54) is 24.0 Å². The predicted molar refractivity (Wildman–Crippen MR) is 177 cm³/mol. The van der Waals surface area contributed by atoms with Gasteiger partial charge in [0.2, 0.25) is 5.91 Å². The molecule has 4 rings (SSSR count). The first-order chi connectivity index (χ1) is 21.4. The molecule has 10 nitrogen and oxygen atoms in total. The van der Waals surface area contributed by atoms with E-state index in [4.69, 9.17) is 9.72 Å². The maximum atomic E-state index is 13.9. The quantitative estimate of drug-likeness (QED) is 0.207. The fourth-order valence-electron chi connectivity index (χ4n) is 6.40.